The van der Waals surface area contributed by atoms with Crippen LogP contribution >= 0.6 is 11.6 Å². The monoisotopic (exact) mass is 286 g/mol. The van der Waals surface area contributed by atoms with Gasteiger partial charge in [-0.05, 0) is 37.5 Å². The minimum Gasteiger partial charge on any atom is -0.222 e. The van der Waals surface area contributed by atoms with Crippen molar-refractivity contribution in [3.05, 3.63) is 46.2 Å². The lowest BCUT2D eigenvalue weighted by molar-refractivity contribution is -0.137. The summed E-state index contributed by atoms with van der Waals surface area (Å²) in [5.74, 6) is 0. The van der Waals surface area contributed by atoms with Gasteiger partial charge in [0.1, 0.15) is 5.15 Å². The summed E-state index contributed by atoms with van der Waals surface area (Å²) in [6.07, 6.45) is -1.69. The summed E-state index contributed by atoms with van der Waals surface area (Å²) in [5.41, 5.74) is 1.49. The molecule has 1 heterocycles. The van der Waals surface area contributed by atoms with Crippen molar-refractivity contribution < 1.29 is 13.2 Å². The number of fused-ring (bicyclic) bond motifs is 1. The minimum absolute atomic E-state index is 0.342. The van der Waals surface area contributed by atoms with Gasteiger partial charge in [-0.1, -0.05) is 17.7 Å². The fourth-order valence-corrected chi connectivity index (χ4v) is 2.68. The van der Waals surface area contributed by atoms with E-state index in [1.54, 1.807) is 6.07 Å². The van der Waals surface area contributed by atoms with Gasteiger partial charge in [0, 0.05) is 5.56 Å². The Labute approximate surface area is 112 Å². The molecular weight excluding hydrogens is 277 g/mol. The van der Waals surface area contributed by atoms with Gasteiger partial charge in [0.25, 0.3) is 0 Å². The maximum Gasteiger partial charge on any atom is 0.416 e. The van der Waals surface area contributed by atoms with E-state index in [1.165, 1.54) is 10.7 Å². The first-order valence-corrected chi connectivity index (χ1v) is 6.28. The molecule has 0 saturated carbocycles. The number of aromatic nitrogens is 2. The SMILES string of the molecule is FC(F)(F)c1cccc(-n2nc3c(c2Cl)CCC3)c1. The third-order valence-corrected chi connectivity index (χ3v) is 3.65. The van der Waals surface area contributed by atoms with Crippen LogP contribution in [0.2, 0.25) is 5.15 Å². The van der Waals surface area contributed by atoms with Crippen molar-refractivity contribution in [1.29, 1.82) is 0 Å². The van der Waals surface area contributed by atoms with Gasteiger partial charge in [-0.15, -0.1) is 0 Å². The summed E-state index contributed by atoms with van der Waals surface area (Å²) < 4.78 is 39.4. The number of benzene rings is 1. The Morgan fingerprint density at radius 2 is 2.00 bits per heavy atom. The molecule has 1 aliphatic carbocycles. The molecule has 0 bridgehead atoms. The van der Waals surface area contributed by atoms with Gasteiger partial charge in [0.2, 0.25) is 0 Å². The predicted octanol–water partition coefficient (Wildman–Crippen LogP) is 4.03. The predicted molar refractivity (Wildman–Crippen MR) is 65.6 cm³/mol. The van der Waals surface area contributed by atoms with Crippen LogP contribution in [0, 0.1) is 0 Å². The third kappa shape index (κ3) is 2.12. The van der Waals surface area contributed by atoms with Gasteiger partial charge in [0.15, 0.2) is 0 Å². The molecule has 2 aromatic rings. The molecule has 1 aromatic heterocycles. The molecule has 1 aromatic carbocycles. The van der Waals surface area contributed by atoms with Crippen molar-refractivity contribution in [2.24, 2.45) is 0 Å². The first-order valence-electron chi connectivity index (χ1n) is 5.91. The number of halogens is 4. The second-order valence-electron chi connectivity index (χ2n) is 4.53. The van der Waals surface area contributed by atoms with Gasteiger partial charge in [-0.25, -0.2) is 4.68 Å². The molecule has 0 amide bonds. The van der Waals surface area contributed by atoms with Crippen molar-refractivity contribution in [1.82, 2.24) is 9.78 Å². The Kier molecular flexibility index (Phi) is 2.82. The Morgan fingerprint density at radius 3 is 2.68 bits per heavy atom. The number of nitrogens with zero attached hydrogens (tertiary/aromatic N) is 2. The molecule has 19 heavy (non-hydrogen) atoms. The highest BCUT2D eigenvalue weighted by atomic mass is 35.5. The second kappa shape index (κ2) is 4.27. The number of hydrogen-bond donors (Lipinski definition) is 0. The van der Waals surface area contributed by atoms with E-state index in [-0.39, 0.29) is 0 Å². The van der Waals surface area contributed by atoms with Crippen LogP contribution in [0.25, 0.3) is 5.69 Å². The summed E-state index contributed by atoms with van der Waals surface area (Å²) in [6.45, 7) is 0. The average Bonchev–Trinajstić information content (AvgIpc) is 2.92. The van der Waals surface area contributed by atoms with E-state index in [2.05, 4.69) is 5.10 Å². The number of aryl methyl sites for hydroxylation is 1. The third-order valence-electron chi connectivity index (χ3n) is 3.26. The molecule has 0 fully saturated rings. The van der Waals surface area contributed by atoms with Crippen molar-refractivity contribution in [2.75, 3.05) is 0 Å². The molecule has 0 saturated heterocycles. The van der Waals surface area contributed by atoms with Crippen molar-refractivity contribution in [3.8, 4) is 5.69 Å². The lowest BCUT2D eigenvalue weighted by atomic mass is 10.2. The fraction of sp³-hybridized carbons (Fsp3) is 0.308. The van der Waals surface area contributed by atoms with Gasteiger partial charge in [0.05, 0.1) is 16.9 Å². The normalized spacial score (nSPS) is 14.7. The molecule has 0 aliphatic heterocycles. The molecule has 100 valence electrons. The molecule has 0 spiro atoms. The van der Waals surface area contributed by atoms with Crippen molar-refractivity contribution in [2.45, 2.75) is 25.4 Å². The number of alkyl halides is 3. The Morgan fingerprint density at radius 1 is 1.21 bits per heavy atom. The average molecular weight is 287 g/mol. The molecule has 0 radical (unpaired) electrons. The Bertz CT molecular complexity index is 631. The zero-order valence-electron chi connectivity index (χ0n) is 9.84. The molecule has 0 unspecified atom stereocenters. The first-order chi connectivity index (χ1) is 8.97. The Balaban J connectivity index is 2.08. The van der Waals surface area contributed by atoms with Gasteiger partial charge < -0.3 is 0 Å². The lowest BCUT2D eigenvalue weighted by Crippen LogP contribution is -2.07. The summed E-state index contributed by atoms with van der Waals surface area (Å²) in [6, 6.07) is 5.03. The number of hydrogen-bond acceptors (Lipinski definition) is 1. The Hall–Kier alpha value is -1.49. The van der Waals surface area contributed by atoms with E-state index in [1.807, 2.05) is 0 Å². The van der Waals surface area contributed by atoms with Crippen LogP contribution in [-0.2, 0) is 19.0 Å². The molecule has 6 heteroatoms. The van der Waals surface area contributed by atoms with E-state index in [9.17, 15) is 13.2 Å². The summed E-state index contributed by atoms with van der Waals surface area (Å²) in [5, 5.41) is 4.72. The van der Waals surface area contributed by atoms with E-state index in [0.717, 1.165) is 42.7 Å². The van der Waals surface area contributed by atoms with E-state index in [4.69, 9.17) is 11.6 Å². The van der Waals surface area contributed by atoms with Crippen LogP contribution < -0.4 is 0 Å². The van der Waals surface area contributed by atoms with E-state index in [0.29, 0.717) is 10.8 Å². The van der Waals surface area contributed by atoms with Gasteiger partial charge >= 0.3 is 6.18 Å². The minimum atomic E-state index is -4.36. The summed E-state index contributed by atoms with van der Waals surface area (Å²) in [4.78, 5) is 0. The lowest BCUT2D eigenvalue weighted by Gasteiger charge is -2.09. The molecule has 3 rings (SSSR count). The van der Waals surface area contributed by atoms with Gasteiger partial charge in [-0.3, -0.25) is 0 Å². The molecule has 0 atom stereocenters. The van der Waals surface area contributed by atoms with Crippen LogP contribution in [0.5, 0.6) is 0 Å². The van der Waals surface area contributed by atoms with Crippen LogP contribution in [0.4, 0.5) is 13.2 Å². The highest BCUT2D eigenvalue weighted by Crippen LogP contribution is 2.33. The van der Waals surface area contributed by atoms with Crippen LogP contribution in [-0.4, -0.2) is 9.78 Å². The van der Waals surface area contributed by atoms with E-state index < -0.39 is 11.7 Å². The topological polar surface area (TPSA) is 17.8 Å². The zero-order chi connectivity index (χ0) is 13.6. The van der Waals surface area contributed by atoms with Crippen molar-refractivity contribution >= 4 is 11.6 Å². The smallest absolute Gasteiger partial charge is 0.222 e. The standard InChI is InChI=1S/C13H10ClF3N2/c14-12-10-5-2-6-11(10)18-19(12)9-4-1-3-8(7-9)13(15,16)17/h1,3-4,7H,2,5-6H2. The van der Waals surface area contributed by atoms with Gasteiger partial charge in [-0.2, -0.15) is 18.3 Å². The molecule has 2 nitrogen and oxygen atoms in total. The maximum absolute atomic E-state index is 12.7. The maximum atomic E-state index is 12.7. The molecule has 1 aliphatic rings. The molecular formula is C13H10ClF3N2. The fourth-order valence-electron chi connectivity index (χ4n) is 2.34. The zero-order valence-corrected chi connectivity index (χ0v) is 10.6. The molecule has 0 N–H and O–H groups in total. The summed E-state index contributed by atoms with van der Waals surface area (Å²) >= 11 is 6.19. The summed E-state index contributed by atoms with van der Waals surface area (Å²) in [7, 11) is 0. The highest BCUT2D eigenvalue weighted by Gasteiger charge is 2.31. The largest absolute Gasteiger partial charge is 0.416 e. The quantitative estimate of drug-likeness (QED) is 0.774. The van der Waals surface area contributed by atoms with E-state index >= 15 is 0 Å². The number of rotatable bonds is 1. The van der Waals surface area contributed by atoms with Crippen LogP contribution in [0.1, 0.15) is 23.2 Å². The van der Waals surface area contributed by atoms with Crippen molar-refractivity contribution in [3.63, 3.8) is 0 Å². The first kappa shape index (κ1) is 12.5. The van der Waals surface area contributed by atoms with Crippen LogP contribution in [0.3, 0.4) is 0 Å². The van der Waals surface area contributed by atoms with Crippen LogP contribution in [0.15, 0.2) is 24.3 Å². The highest BCUT2D eigenvalue weighted by molar-refractivity contribution is 6.30. The second-order valence-corrected chi connectivity index (χ2v) is 4.89.